The average Bonchev–Trinajstić information content (AvgIpc) is 3.71. The number of carbonyl (C=O) groups excluding carboxylic acids is 2. The van der Waals surface area contributed by atoms with Gasteiger partial charge in [0.25, 0.3) is 5.91 Å². The zero-order valence-electron chi connectivity index (χ0n) is 24.2. The van der Waals surface area contributed by atoms with Crippen LogP contribution < -0.4 is 20.7 Å². The molecule has 41 heavy (non-hydrogen) atoms. The maximum atomic E-state index is 13.3. The van der Waals surface area contributed by atoms with Crippen molar-refractivity contribution in [2.75, 3.05) is 50.0 Å². The molecule has 6 rings (SSSR count). The molecule has 2 saturated heterocycles. The second-order valence-electron chi connectivity index (χ2n) is 12.4. The molecule has 3 heterocycles. The Hall–Kier alpha value is -3.79. The van der Waals surface area contributed by atoms with E-state index in [2.05, 4.69) is 26.5 Å². The van der Waals surface area contributed by atoms with E-state index in [-0.39, 0.29) is 24.0 Å². The molecule has 3 aliphatic rings. The highest BCUT2D eigenvalue weighted by Gasteiger charge is 2.32. The number of hydrogen-bond donors (Lipinski definition) is 3. The van der Waals surface area contributed by atoms with Crippen LogP contribution in [0.5, 0.6) is 5.75 Å². The summed E-state index contributed by atoms with van der Waals surface area (Å²) in [6.45, 7) is 9.76. The maximum Gasteiger partial charge on any atom is 0.253 e. The first kappa shape index (κ1) is 27.4. The second kappa shape index (κ2) is 10.9. The summed E-state index contributed by atoms with van der Waals surface area (Å²) < 4.78 is 12.0. The van der Waals surface area contributed by atoms with Gasteiger partial charge in [0.05, 0.1) is 35.4 Å². The molecule has 0 atom stereocenters. The number of H-pyrrole nitrogens is 1. The standard InChI is InChI=1S/C31H40N6O4/c1-31(2,3)30(39)37-12-10-36(11-13-37)25-17-19(4-7-23(25)29(38)33-21-5-6-21)20-16-24-27(28(32)35-34-24)26(18-20)41-22-8-14-40-15-9-22/h4,7,16-18,21-22H,5-6,8-15H2,1-3H3,(H,33,38)(H3,32,34,35). The lowest BCUT2D eigenvalue weighted by molar-refractivity contribution is -0.139. The van der Waals surface area contributed by atoms with E-state index in [0.29, 0.717) is 56.5 Å². The van der Waals surface area contributed by atoms with Crippen LogP contribution in [0.4, 0.5) is 11.5 Å². The van der Waals surface area contributed by atoms with Crippen molar-refractivity contribution in [1.82, 2.24) is 20.4 Å². The topological polar surface area (TPSA) is 126 Å². The third-order valence-electron chi connectivity index (χ3n) is 8.15. The van der Waals surface area contributed by atoms with Gasteiger partial charge in [-0.2, -0.15) is 5.10 Å². The Morgan fingerprint density at radius 1 is 1.02 bits per heavy atom. The average molecular weight is 561 g/mol. The predicted octanol–water partition coefficient (Wildman–Crippen LogP) is 3.96. The molecule has 3 aromatic rings. The number of nitrogen functional groups attached to an aromatic ring is 1. The molecule has 3 fully saturated rings. The number of aromatic amines is 1. The smallest absolute Gasteiger partial charge is 0.253 e. The molecule has 2 amide bonds. The highest BCUT2D eigenvalue weighted by molar-refractivity contribution is 6.02. The van der Waals surface area contributed by atoms with Gasteiger partial charge in [0.2, 0.25) is 5.91 Å². The van der Waals surface area contributed by atoms with Crippen molar-refractivity contribution in [1.29, 1.82) is 0 Å². The van der Waals surface area contributed by atoms with Gasteiger partial charge in [0.15, 0.2) is 5.82 Å². The van der Waals surface area contributed by atoms with Crippen molar-refractivity contribution in [2.24, 2.45) is 5.41 Å². The van der Waals surface area contributed by atoms with Crippen molar-refractivity contribution < 1.29 is 19.1 Å². The number of nitrogens with two attached hydrogens (primary N) is 1. The molecule has 0 unspecified atom stereocenters. The molecule has 10 nitrogen and oxygen atoms in total. The maximum absolute atomic E-state index is 13.3. The number of anilines is 2. The number of nitrogens with zero attached hydrogens (tertiary/aromatic N) is 3. The van der Waals surface area contributed by atoms with Crippen LogP contribution in [0.1, 0.15) is 56.8 Å². The summed E-state index contributed by atoms with van der Waals surface area (Å²) in [7, 11) is 0. The number of fused-ring (bicyclic) bond motifs is 1. The summed E-state index contributed by atoms with van der Waals surface area (Å²) in [4.78, 5) is 30.4. The minimum absolute atomic E-state index is 0.0488. The van der Waals surface area contributed by atoms with Crippen molar-refractivity contribution in [3.8, 4) is 16.9 Å². The molecule has 4 N–H and O–H groups in total. The Kier molecular flexibility index (Phi) is 7.27. The molecular weight excluding hydrogens is 520 g/mol. The number of piperazine rings is 1. The number of rotatable bonds is 6. The summed E-state index contributed by atoms with van der Waals surface area (Å²) in [6.07, 6.45) is 3.74. The third-order valence-corrected chi connectivity index (χ3v) is 8.15. The van der Waals surface area contributed by atoms with Gasteiger partial charge >= 0.3 is 0 Å². The van der Waals surface area contributed by atoms with Crippen LogP contribution in [0.15, 0.2) is 30.3 Å². The number of benzene rings is 2. The second-order valence-corrected chi connectivity index (χ2v) is 12.4. The fourth-order valence-electron chi connectivity index (χ4n) is 5.66. The SMILES string of the molecule is CC(C)(C)C(=O)N1CCN(c2cc(-c3cc(OC4CCOCC4)c4c(N)n[nH]c4c3)ccc2C(=O)NC2CC2)CC1. The summed E-state index contributed by atoms with van der Waals surface area (Å²) in [5.41, 5.74) is 10.0. The normalized spacial score (nSPS) is 18.5. The van der Waals surface area contributed by atoms with E-state index in [4.69, 9.17) is 15.2 Å². The number of nitrogens with one attached hydrogen (secondary N) is 2. The van der Waals surface area contributed by atoms with E-state index in [9.17, 15) is 9.59 Å². The van der Waals surface area contributed by atoms with Gasteiger partial charge in [0, 0.05) is 50.5 Å². The van der Waals surface area contributed by atoms with E-state index < -0.39 is 5.41 Å². The van der Waals surface area contributed by atoms with Crippen LogP contribution in [0.25, 0.3) is 22.0 Å². The molecule has 0 spiro atoms. The lowest BCUT2D eigenvalue weighted by atomic mass is 9.94. The van der Waals surface area contributed by atoms with Gasteiger partial charge in [-0.1, -0.05) is 26.8 Å². The van der Waals surface area contributed by atoms with Crippen molar-refractivity contribution in [3.05, 3.63) is 35.9 Å². The van der Waals surface area contributed by atoms with Crippen LogP contribution in [0.2, 0.25) is 0 Å². The van der Waals surface area contributed by atoms with Gasteiger partial charge in [0.1, 0.15) is 11.9 Å². The lowest BCUT2D eigenvalue weighted by Crippen LogP contribution is -2.52. The van der Waals surface area contributed by atoms with Crippen LogP contribution >= 0.6 is 0 Å². The largest absolute Gasteiger partial charge is 0.489 e. The molecular formula is C31H40N6O4. The van der Waals surface area contributed by atoms with E-state index in [1.165, 1.54) is 0 Å². The first-order chi connectivity index (χ1) is 19.7. The Balaban J connectivity index is 1.34. The number of amides is 2. The van der Waals surface area contributed by atoms with Crippen molar-refractivity contribution in [2.45, 2.75) is 58.6 Å². The number of ether oxygens (including phenoxy) is 2. The molecule has 0 radical (unpaired) electrons. The molecule has 0 bridgehead atoms. The first-order valence-electron chi connectivity index (χ1n) is 14.7. The molecule has 2 aliphatic heterocycles. The summed E-state index contributed by atoms with van der Waals surface area (Å²) >= 11 is 0. The Morgan fingerprint density at radius 2 is 1.76 bits per heavy atom. The summed E-state index contributed by atoms with van der Waals surface area (Å²) in [6, 6.07) is 10.3. The Bertz CT molecular complexity index is 1440. The molecule has 1 saturated carbocycles. The minimum Gasteiger partial charge on any atom is -0.489 e. The van der Waals surface area contributed by atoms with Crippen LogP contribution in [-0.2, 0) is 9.53 Å². The molecule has 10 heteroatoms. The van der Waals surface area contributed by atoms with Gasteiger partial charge < -0.3 is 30.3 Å². The van der Waals surface area contributed by atoms with E-state index in [0.717, 1.165) is 53.4 Å². The van der Waals surface area contributed by atoms with E-state index >= 15 is 0 Å². The first-order valence-corrected chi connectivity index (χ1v) is 14.7. The Labute approximate surface area is 240 Å². The molecule has 218 valence electrons. The molecule has 1 aromatic heterocycles. The predicted molar refractivity (Wildman–Crippen MR) is 159 cm³/mol. The number of carbonyl (C=O) groups is 2. The fraction of sp³-hybridized carbons (Fsp3) is 0.516. The van der Waals surface area contributed by atoms with E-state index in [1.54, 1.807) is 0 Å². The summed E-state index contributed by atoms with van der Waals surface area (Å²) in [5, 5.41) is 11.2. The highest BCUT2D eigenvalue weighted by atomic mass is 16.5. The van der Waals surface area contributed by atoms with Gasteiger partial charge in [-0.15, -0.1) is 0 Å². The number of hydrogen-bond acceptors (Lipinski definition) is 7. The summed E-state index contributed by atoms with van der Waals surface area (Å²) in [5.74, 6) is 1.20. The van der Waals surface area contributed by atoms with E-state index in [1.807, 2.05) is 49.9 Å². The number of aromatic nitrogens is 2. The third kappa shape index (κ3) is 5.84. The zero-order valence-corrected chi connectivity index (χ0v) is 24.2. The highest BCUT2D eigenvalue weighted by Crippen LogP contribution is 2.38. The quantitative estimate of drug-likeness (QED) is 0.417. The molecule has 2 aromatic carbocycles. The van der Waals surface area contributed by atoms with Crippen LogP contribution in [0.3, 0.4) is 0 Å². The monoisotopic (exact) mass is 560 g/mol. The Morgan fingerprint density at radius 3 is 2.44 bits per heavy atom. The van der Waals surface area contributed by atoms with Gasteiger partial charge in [-0.05, 0) is 48.2 Å². The van der Waals surface area contributed by atoms with Crippen LogP contribution in [0, 0.1) is 5.41 Å². The minimum atomic E-state index is -0.420. The molecule has 1 aliphatic carbocycles. The zero-order chi connectivity index (χ0) is 28.7. The fourth-order valence-corrected chi connectivity index (χ4v) is 5.66. The van der Waals surface area contributed by atoms with Gasteiger partial charge in [-0.3, -0.25) is 14.7 Å². The lowest BCUT2D eigenvalue weighted by Gasteiger charge is -2.39. The van der Waals surface area contributed by atoms with Crippen LogP contribution in [-0.4, -0.2) is 78.5 Å². The van der Waals surface area contributed by atoms with Crippen molar-refractivity contribution in [3.63, 3.8) is 0 Å². The van der Waals surface area contributed by atoms with Gasteiger partial charge in [-0.25, -0.2) is 0 Å². The van der Waals surface area contributed by atoms with Crippen molar-refractivity contribution >= 4 is 34.2 Å².